The first-order valence-corrected chi connectivity index (χ1v) is 7.23. The molecule has 1 atom stereocenters. The van der Waals surface area contributed by atoms with Crippen molar-refractivity contribution >= 4 is 11.3 Å². The third-order valence-electron chi connectivity index (χ3n) is 2.98. The summed E-state index contributed by atoms with van der Waals surface area (Å²) in [6.45, 7) is 5.73. The summed E-state index contributed by atoms with van der Waals surface area (Å²) in [4.78, 5) is 5.58. The van der Waals surface area contributed by atoms with E-state index < -0.39 is 0 Å². The second kappa shape index (κ2) is 6.80. The maximum atomic E-state index is 5.15. The van der Waals surface area contributed by atoms with Crippen molar-refractivity contribution < 1.29 is 4.74 Å². The first kappa shape index (κ1) is 14.2. The largest absolute Gasteiger partial charge is 0.380 e. The van der Waals surface area contributed by atoms with Gasteiger partial charge in [0.15, 0.2) is 0 Å². The summed E-state index contributed by atoms with van der Waals surface area (Å²) < 4.78 is 5.15. The van der Waals surface area contributed by atoms with Crippen molar-refractivity contribution in [2.75, 3.05) is 7.11 Å². The Hall–Kier alpha value is -1.23. The van der Waals surface area contributed by atoms with Gasteiger partial charge in [-0.15, -0.1) is 11.3 Å². The number of ether oxygens (including phenoxy) is 1. The molecule has 0 bridgehead atoms. The molecule has 1 N–H and O–H groups in total. The molecule has 2 aromatic rings. The average molecular weight is 276 g/mol. The summed E-state index contributed by atoms with van der Waals surface area (Å²) >= 11 is 1.75. The van der Waals surface area contributed by atoms with Gasteiger partial charge < -0.3 is 10.1 Å². The molecule has 102 valence electrons. The van der Waals surface area contributed by atoms with Gasteiger partial charge in [-0.3, -0.25) is 0 Å². The first-order valence-electron chi connectivity index (χ1n) is 6.41. The number of hydrogen-bond donors (Lipinski definition) is 1. The molecule has 0 fully saturated rings. The zero-order valence-corrected chi connectivity index (χ0v) is 12.5. The van der Waals surface area contributed by atoms with Crippen LogP contribution in [-0.2, 0) is 17.9 Å². The van der Waals surface area contributed by atoms with Gasteiger partial charge in [0.2, 0.25) is 0 Å². The number of nitrogens with zero attached hydrogens (tertiary/aromatic N) is 1. The number of hydrogen-bond acceptors (Lipinski definition) is 4. The van der Waals surface area contributed by atoms with Crippen LogP contribution in [0.1, 0.15) is 34.0 Å². The van der Waals surface area contributed by atoms with Crippen LogP contribution in [-0.4, -0.2) is 12.1 Å². The van der Waals surface area contributed by atoms with E-state index in [4.69, 9.17) is 4.74 Å². The standard InChI is InChI=1S/C15H20N2OS/c1-11(15-9-17-12(2)19-15)16-8-13-5-4-6-14(7-13)10-18-3/h4-7,9,11,16H,8,10H2,1-3H3. The molecule has 1 aromatic heterocycles. The predicted octanol–water partition coefficient (Wildman–Crippen LogP) is 3.45. The molecule has 4 heteroatoms. The SMILES string of the molecule is COCc1cccc(CNC(C)c2cnc(C)s2)c1. The van der Waals surface area contributed by atoms with Gasteiger partial charge in [-0.25, -0.2) is 4.98 Å². The quantitative estimate of drug-likeness (QED) is 0.877. The Bertz CT molecular complexity index is 524. The fourth-order valence-corrected chi connectivity index (χ4v) is 2.76. The van der Waals surface area contributed by atoms with Crippen LogP contribution >= 0.6 is 11.3 Å². The van der Waals surface area contributed by atoms with Gasteiger partial charge in [0.1, 0.15) is 0 Å². The van der Waals surface area contributed by atoms with Crippen LogP contribution in [0.2, 0.25) is 0 Å². The second-order valence-corrected chi connectivity index (χ2v) is 5.90. The topological polar surface area (TPSA) is 34.1 Å². The predicted molar refractivity (Wildman–Crippen MR) is 79.3 cm³/mol. The number of nitrogens with one attached hydrogen (secondary N) is 1. The van der Waals surface area contributed by atoms with E-state index >= 15 is 0 Å². The third kappa shape index (κ3) is 4.13. The Balaban J connectivity index is 1.93. The van der Waals surface area contributed by atoms with Crippen LogP contribution in [0, 0.1) is 6.92 Å². The molecule has 0 saturated heterocycles. The van der Waals surface area contributed by atoms with Gasteiger partial charge in [0.25, 0.3) is 0 Å². The maximum Gasteiger partial charge on any atom is 0.0897 e. The molecule has 1 heterocycles. The van der Waals surface area contributed by atoms with E-state index in [-0.39, 0.29) is 0 Å². The maximum absolute atomic E-state index is 5.15. The minimum atomic E-state index is 0.331. The summed E-state index contributed by atoms with van der Waals surface area (Å²) in [7, 11) is 1.72. The summed E-state index contributed by atoms with van der Waals surface area (Å²) in [6, 6.07) is 8.81. The molecule has 0 radical (unpaired) electrons. The molecule has 3 nitrogen and oxygen atoms in total. The monoisotopic (exact) mass is 276 g/mol. The third-order valence-corrected chi connectivity index (χ3v) is 4.08. The fraction of sp³-hybridized carbons (Fsp3) is 0.400. The minimum Gasteiger partial charge on any atom is -0.380 e. The van der Waals surface area contributed by atoms with Gasteiger partial charge >= 0.3 is 0 Å². The molecule has 1 unspecified atom stereocenters. The molecule has 0 aliphatic rings. The van der Waals surface area contributed by atoms with Crippen molar-refractivity contribution in [3.05, 3.63) is 51.5 Å². The molecule has 2 rings (SSSR count). The van der Waals surface area contributed by atoms with E-state index in [0.717, 1.165) is 11.6 Å². The van der Waals surface area contributed by atoms with E-state index in [1.165, 1.54) is 16.0 Å². The lowest BCUT2D eigenvalue weighted by atomic mass is 10.1. The molecule has 0 saturated carbocycles. The number of aryl methyl sites for hydroxylation is 1. The molecule has 19 heavy (non-hydrogen) atoms. The second-order valence-electron chi connectivity index (χ2n) is 4.64. The van der Waals surface area contributed by atoms with Gasteiger partial charge in [0.05, 0.1) is 11.6 Å². The molecular formula is C15H20N2OS. The van der Waals surface area contributed by atoms with Crippen molar-refractivity contribution in [2.45, 2.75) is 33.0 Å². The fourth-order valence-electron chi connectivity index (χ4n) is 1.95. The van der Waals surface area contributed by atoms with Crippen LogP contribution in [0.5, 0.6) is 0 Å². The summed E-state index contributed by atoms with van der Waals surface area (Å²) in [5, 5.41) is 4.64. The van der Waals surface area contributed by atoms with Crippen LogP contribution in [0.15, 0.2) is 30.5 Å². The Morgan fingerprint density at radius 2 is 2.16 bits per heavy atom. The number of aromatic nitrogens is 1. The molecular weight excluding hydrogens is 256 g/mol. The van der Waals surface area contributed by atoms with Crippen LogP contribution < -0.4 is 5.32 Å². The van der Waals surface area contributed by atoms with Crippen LogP contribution in [0.25, 0.3) is 0 Å². The number of methoxy groups -OCH3 is 1. The van der Waals surface area contributed by atoms with Gasteiger partial charge in [-0.1, -0.05) is 24.3 Å². The number of thiazole rings is 1. The van der Waals surface area contributed by atoms with E-state index in [0.29, 0.717) is 12.6 Å². The molecule has 0 amide bonds. The van der Waals surface area contributed by atoms with E-state index in [2.05, 4.69) is 41.5 Å². The highest BCUT2D eigenvalue weighted by Crippen LogP contribution is 2.20. The Morgan fingerprint density at radius 3 is 2.84 bits per heavy atom. The van der Waals surface area contributed by atoms with Crippen molar-refractivity contribution in [1.29, 1.82) is 0 Å². The molecule has 1 aromatic carbocycles. The van der Waals surface area contributed by atoms with Crippen molar-refractivity contribution in [2.24, 2.45) is 0 Å². The first-order chi connectivity index (χ1) is 9.19. The molecule has 0 aliphatic carbocycles. The lowest BCUT2D eigenvalue weighted by Gasteiger charge is -2.12. The molecule has 0 spiro atoms. The Morgan fingerprint density at radius 1 is 1.37 bits per heavy atom. The Labute approximate surface area is 118 Å². The smallest absolute Gasteiger partial charge is 0.0897 e. The number of benzene rings is 1. The average Bonchev–Trinajstić information content (AvgIpc) is 2.84. The zero-order chi connectivity index (χ0) is 13.7. The highest BCUT2D eigenvalue weighted by molar-refractivity contribution is 7.11. The Kier molecular flexibility index (Phi) is 5.07. The van der Waals surface area contributed by atoms with Crippen LogP contribution in [0.3, 0.4) is 0 Å². The van der Waals surface area contributed by atoms with Gasteiger partial charge in [-0.2, -0.15) is 0 Å². The van der Waals surface area contributed by atoms with Crippen molar-refractivity contribution in [1.82, 2.24) is 10.3 Å². The van der Waals surface area contributed by atoms with Gasteiger partial charge in [-0.05, 0) is 25.0 Å². The lowest BCUT2D eigenvalue weighted by Crippen LogP contribution is -2.17. The summed E-state index contributed by atoms with van der Waals surface area (Å²) in [5.41, 5.74) is 2.49. The summed E-state index contributed by atoms with van der Waals surface area (Å²) in [6.07, 6.45) is 1.96. The van der Waals surface area contributed by atoms with E-state index in [1.807, 2.05) is 13.1 Å². The van der Waals surface area contributed by atoms with E-state index in [9.17, 15) is 0 Å². The highest BCUT2D eigenvalue weighted by atomic mass is 32.1. The highest BCUT2D eigenvalue weighted by Gasteiger charge is 2.08. The zero-order valence-electron chi connectivity index (χ0n) is 11.6. The van der Waals surface area contributed by atoms with Crippen molar-refractivity contribution in [3.8, 4) is 0 Å². The number of rotatable bonds is 6. The van der Waals surface area contributed by atoms with Gasteiger partial charge in [0, 0.05) is 30.8 Å². The van der Waals surface area contributed by atoms with Crippen molar-refractivity contribution in [3.63, 3.8) is 0 Å². The lowest BCUT2D eigenvalue weighted by molar-refractivity contribution is 0.185. The van der Waals surface area contributed by atoms with E-state index in [1.54, 1.807) is 18.4 Å². The molecule has 0 aliphatic heterocycles. The summed E-state index contributed by atoms with van der Waals surface area (Å²) in [5.74, 6) is 0. The minimum absolute atomic E-state index is 0.331. The van der Waals surface area contributed by atoms with Crippen LogP contribution in [0.4, 0.5) is 0 Å². The normalized spacial score (nSPS) is 12.6.